The number of para-hydroxylation sites is 2. The maximum absolute atomic E-state index is 12.4. The molecular formula is C19H19N3OS2. The molecule has 1 N–H and O–H groups in total. The fourth-order valence-electron chi connectivity index (χ4n) is 3.11. The number of nitrogens with one attached hydrogen (secondary N) is 1. The van der Waals surface area contributed by atoms with Gasteiger partial charge >= 0.3 is 0 Å². The summed E-state index contributed by atoms with van der Waals surface area (Å²) in [5.41, 5.74) is 3.29. The minimum atomic E-state index is 0.0590. The van der Waals surface area contributed by atoms with E-state index in [9.17, 15) is 4.79 Å². The first-order chi connectivity index (χ1) is 12.2. The van der Waals surface area contributed by atoms with E-state index in [2.05, 4.69) is 28.5 Å². The highest BCUT2D eigenvalue weighted by Gasteiger charge is 2.22. The molecule has 0 unspecified atom stereocenters. The van der Waals surface area contributed by atoms with Crippen LogP contribution in [-0.4, -0.2) is 27.0 Å². The lowest BCUT2D eigenvalue weighted by atomic mass is 10.0. The molecule has 4 rings (SSSR count). The van der Waals surface area contributed by atoms with Gasteiger partial charge in [-0.15, -0.1) is 11.8 Å². The summed E-state index contributed by atoms with van der Waals surface area (Å²) in [6.45, 7) is 0. The quantitative estimate of drug-likeness (QED) is 0.706. The minimum absolute atomic E-state index is 0.0590. The number of benzene rings is 2. The lowest BCUT2D eigenvalue weighted by Crippen LogP contribution is -2.31. The van der Waals surface area contributed by atoms with E-state index in [4.69, 9.17) is 0 Å². The lowest BCUT2D eigenvalue weighted by Gasteiger charge is -2.25. The Kier molecular flexibility index (Phi) is 4.72. The number of aromatic nitrogens is 2. The first-order valence-electron chi connectivity index (χ1n) is 8.28. The number of aryl methyl sites for hydroxylation is 1. The van der Waals surface area contributed by atoms with Crippen LogP contribution in [0.4, 0.5) is 0 Å². The molecule has 6 heteroatoms. The highest BCUT2D eigenvalue weighted by Crippen LogP contribution is 2.35. The Hall–Kier alpha value is -1.92. The number of hydrogen-bond donors (Lipinski definition) is 1. The number of thioether (sulfide) groups is 2. The summed E-state index contributed by atoms with van der Waals surface area (Å²) >= 11 is 3.35. The van der Waals surface area contributed by atoms with Gasteiger partial charge in [-0.05, 0) is 30.2 Å². The first kappa shape index (κ1) is 16.5. The van der Waals surface area contributed by atoms with E-state index in [-0.39, 0.29) is 11.9 Å². The van der Waals surface area contributed by atoms with E-state index >= 15 is 0 Å². The van der Waals surface area contributed by atoms with Gasteiger partial charge in [0.05, 0.1) is 22.8 Å². The summed E-state index contributed by atoms with van der Waals surface area (Å²) in [5, 5.41) is 4.06. The summed E-state index contributed by atoms with van der Waals surface area (Å²) in [4.78, 5) is 18.3. The Balaban J connectivity index is 1.42. The summed E-state index contributed by atoms with van der Waals surface area (Å²) in [7, 11) is 1.99. The summed E-state index contributed by atoms with van der Waals surface area (Å²) < 4.78 is 2.04. The molecule has 2 heterocycles. The highest BCUT2D eigenvalue weighted by molar-refractivity contribution is 7.99. The molecule has 2 aromatic carbocycles. The van der Waals surface area contributed by atoms with Crippen LogP contribution in [0.5, 0.6) is 0 Å². The molecule has 3 aromatic rings. The largest absolute Gasteiger partial charge is 0.348 e. The van der Waals surface area contributed by atoms with Crippen LogP contribution in [0.25, 0.3) is 11.0 Å². The van der Waals surface area contributed by atoms with Gasteiger partial charge in [0.15, 0.2) is 5.16 Å². The molecule has 1 aromatic heterocycles. The van der Waals surface area contributed by atoms with Crippen LogP contribution < -0.4 is 5.32 Å². The van der Waals surface area contributed by atoms with Crippen LogP contribution in [0.2, 0.25) is 0 Å². The monoisotopic (exact) mass is 369 g/mol. The van der Waals surface area contributed by atoms with Gasteiger partial charge in [-0.25, -0.2) is 4.98 Å². The Labute approximate surface area is 155 Å². The van der Waals surface area contributed by atoms with Crippen molar-refractivity contribution >= 4 is 40.5 Å². The average molecular weight is 370 g/mol. The maximum Gasteiger partial charge on any atom is 0.230 e. The third kappa shape index (κ3) is 3.41. The molecule has 0 spiro atoms. The molecular weight excluding hydrogens is 350 g/mol. The van der Waals surface area contributed by atoms with Gasteiger partial charge < -0.3 is 9.88 Å². The van der Waals surface area contributed by atoms with Gasteiger partial charge in [-0.2, -0.15) is 0 Å². The predicted molar refractivity (Wildman–Crippen MR) is 104 cm³/mol. The van der Waals surface area contributed by atoms with Crippen LogP contribution in [0.1, 0.15) is 18.0 Å². The molecule has 1 aliphatic heterocycles. The van der Waals surface area contributed by atoms with Crippen molar-refractivity contribution in [2.45, 2.75) is 22.5 Å². The van der Waals surface area contributed by atoms with Crippen LogP contribution in [-0.2, 0) is 11.8 Å². The van der Waals surface area contributed by atoms with Crippen molar-refractivity contribution in [2.75, 3.05) is 11.5 Å². The Bertz CT molecular complexity index is 922. The van der Waals surface area contributed by atoms with E-state index in [0.717, 1.165) is 28.4 Å². The second kappa shape index (κ2) is 7.14. The minimum Gasteiger partial charge on any atom is -0.348 e. The maximum atomic E-state index is 12.4. The highest BCUT2D eigenvalue weighted by atomic mass is 32.2. The van der Waals surface area contributed by atoms with E-state index in [1.807, 2.05) is 53.7 Å². The topological polar surface area (TPSA) is 46.9 Å². The van der Waals surface area contributed by atoms with E-state index < -0.39 is 0 Å². The Morgan fingerprint density at radius 2 is 2.08 bits per heavy atom. The van der Waals surface area contributed by atoms with Crippen molar-refractivity contribution in [1.29, 1.82) is 0 Å². The van der Waals surface area contributed by atoms with Crippen LogP contribution >= 0.6 is 23.5 Å². The molecule has 25 heavy (non-hydrogen) atoms. The summed E-state index contributed by atoms with van der Waals surface area (Å²) in [5.74, 6) is 1.48. The van der Waals surface area contributed by atoms with Crippen molar-refractivity contribution in [3.8, 4) is 0 Å². The molecule has 0 aliphatic carbocycles. The molecule has 0 bridgehead atoms. The fraction of sp³-hybridized carbons (Fsp3) is 0.263. The van der Waals surface area contributed by atoms with Crippen LogP contribution in [0.3, 0.4) is 0 Å². The molecule has 4 nitrogen and oxygen atoms in total. The zero-order chi connectivity index (χ0) is 17.2. The predicted octanol–water partition coefficient (Wildman–Crippen LogP) is 4.02. The van der Waals surface area contributed by atoms with Gasteiger partial charge in [0, 0.05) is 17.7 Å². The van der Waals surface area contributed by atoms with Crippen molar-refractivity contribution in [3.05, 3.63) is 54.1 Å². The van der Waals surface area contributed by atoms with E-state index in [1.54, 1.807) is 0 Å². The zero-order valence-electron chi connectivity index (χ0n) is 13.9. The first-order valence-corrected chi connectivity index (χ1v) is 10.2. The number of imidazole rings is 1. The van der Waals surface area contributed by atoms with Gasteiger partial charge in [0.2, 0.25) is 5.91 Å². The SMILES string of the molecule is Cn1c(SCC(=O)N[C@@H]2CCSc3ccccc32)nc2ccccc21. The molecule has 0 saturated heterocycles. The number of hydrogen-bond acceptors (Lipinski definition) is 4. The van der Waals surface area contributed by atoms with Gasteiger partial charge in [0.25, 0.3) is 0 Å². The number of carbonyl (C=O) groups excluding carboxylic acids is 1. The van der Waals surface area contributed by atoms with Gasteiger partial charge in [0.1, 0.15) is 0 Å². The normalized spacial score (nSPS) is 16.6. The molecule has 1 atom stereocenters. The van der Waals surface area contributed by atoms with Gasteiger partial charge in [-0.1, -0.05) is 42.1 Å². The van der Waals surface area contributed by atoms with E-state index in [0.29, 0.717) is 5.75 Å². The fourth-order valence-corrected chi connectivity index (χ4v) is 5.03. The number of amides is 1. The smallest absolute Gasteiger partial charge is 0.230 e. The Morgan fingerprint density at radius 1 is 1.28 bits per heavy atom. The standard InChI is InChI=1S/C19H19N3OS2/c1-22-16-8-4-3-7-15(16)21-19(22)25-12-18(23)20-14-10-11-24-17-9-5-2-6-13(14)17/h2-9,14H,10-12H2,1H3,(H,20,23)/t14-/m1/s1. The van der Waals surface area contributed by atoms with Crippen molar-refractivity contribution in [1.82, 2.24) is 14.9 Å². The second-order valence-corrected chi connectivity index (χ2v) is 8.11. The average Bonchev–Trinajstić information content (AvgIpc) is 2.97. The second-order valence-electron chi connectivity index (χ2n) is 6.03. The molecule has 0 radical (unpaired) electrons. The molecule has 1 amide bonds. The van der Waals surface area contributed by atoms with Crippen molar-refractivity contribution in [3.63, 3.8) is 0 Å². The number of carbonyl (C=O) groups is 1. The molecule has 0 fully saturated rings. The number of rotatable bonds is 4. The summed E-state index contributed by atoms with van der Waals surface area (Å²) in [6.07, 6.45) is 0.977. The Morgan fingerprint density at radius 3 is 2.96 bits per heavy atom. The summed E-state index contributed by atoms with van der Waals surface area (Å²) in [6, 6.07) is 16.5. The number of nitrogens with zero attached hydrogens (tertiary/aromatic N) is 2. The third-order valence-corrected chi connectivity index (χ3v) is 6.52. The number of fused-ring (bicyclic) bond motifs is 2. The van der Waals surface area contributed by atoms with Crippen molar-refractivity contribution < 1.29 is 4.79 Å². The lowest BCUT2D eigenvalue weighted by molar-refractivity contribution is -0.119. The van der Waals surface area contributed by atoms with Crippen molar-refractivity contribution in [2.24, 2.45) is 7.05 Å². The molecule has 0 saturated carbocycles. The van der Waals surface area contributed by atoms with E-state index in [1.165, 1.54) is 22.2 Å². The molecule has 1 aliphatic rings. The van der Waals surface area contributed by atoms with Crippen LogP contribution in [0, 0.1) is 0 Å². The van der Waals surface area contributed by atoms with Crippen LogP contribution in [0.15, 0.2) is 58.6 Å². The zero-order valence-corrected chi connectivity index (χ0v) is 15.6. The third-order valence-electron chi connectivity index (χ3n) is 4.37. The van der Waals surface area contributed by atoms with Gasteiger partial charge in [-0.3, -0.25) is 4.79 Å². The molecule has 128 valence electrons.